The van der Waals surface area contributed by atoms with Gasteiger partial charge in [-0.15, -0.1) is 0 Å². The summed E-state index contributed by atoms with van der Waals surface area (Å²) in [6, 6.07) is 50.3. The second-order valence-electron chi connectivity index (χ2n) is 9.62. The molecule has 0 fully saturated rings. The highest BCUT2D eigenvalue weighted by molar-refractivity contribution is 5.71. The van der Waals surface area contributed by atoms with Gasteiger partial charge >= 0.3 is 0 Å². The number of rotatable bonds is 7. The van der Waals surface area contributed by atoms with Crippen molar-refractivity contribution >= 4 is 0 Å². The zero-order valence-corrected chi connectivity index (χ0v) is 21.5. The normalized spacial score (nSPS) is 11.2. The van der Waals surface area contributed by atoms with Gasteiger partial charge in [-0.3, -0.25) is 0 Å². The Balaban J connectivity index is 1.47. The fourth-order valence-corrected chi connectivity index (χ4v) is 5.49. The lowest BCUT2D eigenvalue weighted by Gasteiger charge is -2.37. The van der Waals surface area contributed by atoms with E-state index < -0.39 is 5.54 Å². The van der Waals surface area contributed by atoms with Crippen LogP contribution in [0.3, 0.4) is 0 Å². The van der Waals surface area contributed by atoms with Gasteiger partial charge in [-0.25, -0.2) is 4.98 Å². The minimum Gasteiger partial charge on any atom is -0.319 e. The highest BCUT2D eigenvalue weighted by atomic mass is 15.1. The number of nitriles is 1. The van der Waals surface area contributed by atoms with Crippen LogP contribution in [0, 0.1) is 11.3 Å². The van der Waals surface area contributed by atoms with Gasteiger partial charge in [-0.05, 0) is 45.5 Å². The molecule has 5 aromatic carbocycles. The molecule has 39 heavy (non-hydrogen) atoms. The second-order valence-corrected chi connectivity index (χ2v) is 9.62. The largest absolute Gasteiger partial charge is 0.319 e. The van der Waals surface area contributed by atoms with Gasteiger partial charge in [0, 0.05) is 12.6 Å². The molecule has 0 radical (unpaired) electrons. The molecule has 1 heterocycles. The molecule has 6 rings (SSSR count). The Hall–Kier alpha value is -5.20. The zero-order chi connectivity index (χ0) is 26.5. The van der Waals surface area contributed by atoms with Gasteiger partial charge in [0.25, 0.3) is 0 Å². The second kappa shape index (κ2) is 10.7. The lowest BCUT2D eigenvalue weighted by molar-refractivity contribution is 0.514. The van der Waals surface area contributed by atoms with Gasteiger partial charge in [0.05, 0.1) is 23.7 Å². The first-order valence-electron chi connectivity index (χ1n) is 13.1. The van der Waals surface area contributed by atoms with Crippen LogP contribution in [0.15, 0.2) is 152 Å². The summed E-state index contributed by atoms with van der Waals surface area (Å²) in [5.74, 6) is 0. The smallest absolute Gasteiger partial charge is 0.121 e. The Kier molecular flexibility index (Phi) is 6.60. The molecule has 0 aliphatic carbocycles. The van der Waals surface area contributed by atoms with Crippen LogP contribution in [-0.4, -0.2) is 9.55 Å². The number of nitrogens with zero attached hydrogens (tertiary/aromatic N) is 3. The molecule has 1 aromatic heterocycles. The minimum atomic E-state index is -0.588. The minimum absolute atomic E-state index is 0.588. The highest BCUT2D eigenvalue weighted by Crippen LogP contribution is 2.41. The fraction of sp³-hybridized carbons (Fsp3) is 0.0556. The third kappa shape index (κ3) is 4.54. The van der Waals surface area contributed by atoms with E-state index in [2.05, 4.69) is 114 Å². The quantitative estimate of drug-likeness (QED) is 0.209. The van der Waals surface area contributed by atoms with E-state index in [1.807, 2.05) is 48.8 Å². The van der Waals surface area contributed by atoms with Crippen molar-refractivity contribution in [1.29, 1.82) is 5.26 Å². The SMILES string of the molecule is N#Cc1ccc(Cc2cn(C(c3ccccc3)(c3ccccc3)c3ccccc3)cn2)cc1-c1ccccc1. The van der Waals surface area contributed by atoms with E-state index in [0.717, 1.165) is 39.1 Å². The van der Waals surface area contributed by atoms with Crippen molar-refractivity contribution in [2.45, 2.75) is 12.0 Å². The average molecular weight is 502 g/mol. The van der Waals surface area contributed by atoms with E-state index in [1.165, 1.54) is 0 Å². The van der Waals surface area contributed by atoms with Crippen LogP contribution in [0.2, 0.25) is 0 Å². The highest BCUT2D eigenvalue weighted by Gasteiger charge is 2.38. The first-order valence-corrected chi connectivity index (χ1v) is 13.1. The van der Waals surface area contributed by atoms with E-state index in [9.17, 15) is 5.26 Å². The molecular weight excluding hydrogens is 474 g/mol. The lowest BCUT2D eigenvalue weighted by Crippen LogP contribution is -2.36. The molecule has 186 valence electrons. The Bertz CT molecular complexity index is 1620. The third-order valence-corrected chi connectivity index (χ3v) is 7.27. The van der Waals surface area contributed by atoms with Crippen molar-refractivity contribution in [3.05, 3.63) is 186 Å². The van der Waals surface area contributed by atoms with Crippen LogP contribution in [0.1, 0.15) is 33.5 Å². The molecule has 0 N–H and O–H groups in total. The first-order chi connectivity index (χ1) is 19.3. The molecule has 0 aliphatic heterocycles. The molecule has 0 saturated heterocycles. The summed E-state index contributed by atoms with van der Waals surface area (Å²) in [5, 5.41) is 9.71. The maximum atomic E-state index is 9.71. The van der Waals surface area contributed by atoms with Crippen molar-refractivity contribution in [2.24, 2.45) is 0 Å². The van der Waals surface area contributed by atoms with Crippen LogP contribution in [0.25, 0.3) is 11.1 Å². The summed E-state index contributed by atoms with van der Waals surface area (Å²) in [7, 11) is 0. The van der Waals surface area contributed by atoms with E-state index in [4.69, 9.17) is 4.98 Å². The summed E-state index contributed by atoms with van der Waals surface area (Å²) in [5.41, 5.74) is 7.64. The summed E-state index contributed by atoms with van der Waals surface area (Å²) in [6.45, 7) is 0. The molecule has 0 atom stereocenters. The topological polar surface area (TPSA) is 41.6 Å². The van der Waals surface area contributed by atoms with Crippen LogP contribution in [-0.2, 0) is 12.0 Å². The summed E-state index contributed by atoms with van der Waals surface area (Å²) in [4.78, 5) is 4.90. The third-order valence-electron chi connectivity index (χ3n) is 7.27. The monoisotopic (exact) mass is 501 g/mol. The standard InChI is InChI=1S/C36H27N3/c37-25-30-22-21-28(24-35(30)29-13-5-1-6-14-29)23-34-26-39(27-38-34)36(31-15-7-2-8-16-31,32-17-9-3-10-18-32)33-19-11-4-12-20-33/h1-22,24,26-27H,23H2. The lowest BCUT2D eigenvalue weighted by atomic mass is 9.77. The average Bonchev–Trinajstić information content (AvgIpc) is 3.48. The molecule has 6 aromatic rings. The summed E-state index contributed by atoms with van der Waals surface area (Å²) < 4.78 is 2.24. The van der Waals surface area contributed by atoms with Crippen LogP contribution < -0.4 is 0 Å². The van der Waals surface area contributed by atoms with Crippen LogP contribution in [0.4, 0.5) is 0 Å². The maximum absolute atomic E-state index is 9.71. The van der Waals surface area contributed by atoms with Gasteiger partial charge in [0.15, 0.2) is 0 Å². The van der Waals surface area contributed by atoms with Gasteiger partial charge in [0.1, 0.15) is 5.54 Å². The number of imidazole rings is 1. The molecule has 3 nitrogen and oxygen atoms in total. The molecular formula is C36H27N3. The first kappa shape index (κ1) is 24.2. The molecule has 0 amide bonds. The Labute approximate surface area is 229 Å². The Morgan fingerprint density at radius 2 is 1.15 bits per heavy atom. The fourth-order valence-electron chi connectivity index (χ4n) is 5.49. The number of hydrogen-bond donors (Lipinski definition) is 0. The molecule has 3 heteroatoms. The van der Waals surface area contributed by atoms with Gasteiger partial charge in [-0.2, -0.15) is 5.26 Å². The molecule has 0 unspecified atom stereocenters. The van der Waals surface area contributed by atoms with E-state index in [-0.39, 0.29) is 0 Å². The van der Waals surface area contributed by atoms with Crippen molar-refractivity contribution in [1.82, 2.24) is 9.55 Å². The van der Waals surface area contributed by atoms with E-state index >= 15 is 0 Å². The van der Waals surface area contributed by atoms with Gasteiger partial charge < -0.3 is 4.57 Å². The van der Waals surface area contributed by atoms with E-state index in [0.29, 0.717) is 12.0 Å². The summed E-state index contributed by atoms with van der Waals surface area (Å²) in [6.07, 6.45) is 4.77. The van der Waals surface area contributed by atoms with Crippen molar-refractivity contribution < 1.29 is 0 Å². The Morgan fingerprint density at radius 3 is 1.67 bits per heavy atom. The van der Waals surface area contributed by atoms with Crippen molar-refractivity contribution in [2.75, 3.05) is 0 Å². The number of aromatic nitrogens is 2. The van der Waals surface area contributed by atoms with Crippen LogP contribution >= 0.6 is 0 Å². The molecule has 0 saturated carbocycles. The molecule has 0 spiro atoms. The van der Waals surface area contributed by atoms with Gasteiger partial charge in [-0.1, -0.05) is 127 Å². The van der Waals surface area contributed by atoms with Crippen molar-refractivity contribution in [3.63, 3.8) is 0 Å². The van der Waals surface area contributed by atoms with Crippen molar-refractivity contribution in [3.8, 4) is 17.2 Å². The predicted octanol–water partition coefficient (Wildman–Crippen LogP) is 7.85. The van der Waals surface area contributed by atoms with Crippen LogP contribution in [0.5, 0.6) is 0 Å². The maximum Gasteiger partial charge on any atom is 0.121 e. The molecule has 0 aliphatic rings. The predicted molar refractivity (Wildman–Crippen MR) is 156 cm³/mol. The number of hydrogen-bond acceptors (Lipinski definition) is 2. The number of benzene rings is 5. The molecule has 0 bridgehead atoms. The Morgan fingerprint density at radius 1 is 0.641 bits per heavy atom. The van der Waals surface area contributed by atoms with E-state index in [1.54, 1.807) is 0 Å². The van der Waals surface area contributed by atoms with Gasteiger partial charge in [0.2, 0.25) is 0 Å². The summed E-state index contributed by atoms with van der Waals surface area (Å²) >= 11 is 0. The zero-order valence-electron chi connectivity index (χ0n) is 21.5.